The summed E-state index contributed by atoms with van der Waals surface area (Å²) in [7, 11) is 3.93. The van der Waals surface area contributed by atoms with E-state index in [4.69, 9.17) is 5.73 Å². The van der Waals surface area contributed by atoms with Crippen LogP contribution in [0.15, 0.2) is 16.6 Å². The smallest absolute Gasteiger partial charge is 0.159 e. The standard InChI is InChI=1S/C11H15BrN2O.ClH/c1-7(15)8-4-9(6-14(2)3)11(13)10(12)5-8;/h4-5H,6,13H2,1-3H3;1H. The highest BCUT2D eigenvalue weighted by Crippen LogP contribution is 2.26. The van der Waals surface area contributed by atoms with Crippen LogP contribution in [0.3, 0.4) is 0 Å². The lowest BCUT2D eigenvalue weighted by Crippen LogP contribution is -2.13. The van der Waals surface area contributed by atoms with Crippen molar-refractivity contribution in [2.24, 2.45) is 0 Å². The minimum Gasteiger partial charge on any atom is -0.398 e. The predicted molar refractivity (Wildman–Crippen MR) is 73.2 cm³/mol. The summed E-state index contributed by atoms with van der Waals surface area (Å²) < 4.78 is 0.784. The lowest BCUT2D eigenvalue weighted by molar-refractivity contribution is 0.101. The molecule has 0 atom stereocenters. The van der Waals surface area contributed by atoms with Gasteiger partial charge in [-0.05, 0) is 54.6 Å². The highest BCUT2D eigenvalue weighted by Gasteiger charge is 2.09. The molecule has 0 bridgehead atoms. The van der Waals surface area contributed by atoms with E-state index in [0.717, 1.165) is 16.6 Å². The first-order valence-corrected chi connectivity index (χ1v) is 5.44. The van der Waals surface area contributed by atoms with Gasteiger partial charge in [-0.1, -0.05) is 0 Å². The zero-order valence-electron chi connectivity index (χ0n) is 9.58. The van der Waals surface area contributed by atoms with Gasteiger partial charge in [-0.25, -0.2) is 0 Å². The average molecular weight is 308 g/mol. The van der Waals surface area contributed by atoms with Crippen LogP contribution in [0, 0.1) is 0 Å². The van der Waals surface area contributed by atoms with Crippen molar-refractivity contribution >= 4 is 39.8 Å². The number of carbonyl (C=O) groups is 1. The maximum atomic E-state index is 11.3. The van der Waals surface area contributed by atoms with Crippen LogP contribution in [0.2, 0.25) is 0 Å². The quantitative estimate of drug-likeness (QED) is 0.690. The first kappa shape index (κ1) is 15.4. The van der Waals surface area contributed by atoms with Crippen LogP contribution < -0.4 is 5.73 Å². The van der Waals surface area contributed by atoms with Crippen LogP contribution in [-0.4, -0.2) is 24.8 Å². The van der Waals surface area contributed by atoms with Gasteiger partial charge in [0.15, 0.2) is 5.78 Å². The molecule has 0 aliphatic heterocycles. The number of ketones is 1. The fraction of sp³-hybridized carbons (Fsp3) is 0.364. The number of hydrogen-bond donors (Lipinski definition) is 1. The van der Waals surface area contributed by atoms with Crippen molar-refractivity contribution < 1.29 is 4.79 Å². The molecule has 0 aliphatic carbocycles. The Labute approximate surface area is 111 Å². The number of carbonyl (C=O) groups excluding carboxylic acids is 1. The van der Waals surface area contributed by atoms with E-state index < -0.39 is 0 Å². The number of hydrogen-bond acceptors (Lipinski definition) is 3. The number of nitrogens with zero attached hydrogens (tertiary/aromatic N) is 1. The second-order valence-electron chi connectivity index (χ2n) is 3.82. The van der Waals surface area contributed by atoms with Gasteiger partial charge in [0.25, 0.3) is 0 Å². The molecule has 0 aromatic heterocycles. The van der Waals surface area contributed by atoms with Crippen molar-refractivity contribution in [3.8, 4) is 0 Å². The van der Waals surface area contributed by atoms with E-state index in [2.05, 4.69) is 15.9 Å². The van der Waals surface area contributed by atoms with Gasteiger partial charge in [0, 0.05) is 16.6 Å². The summed E-state index contributed by atoms with van der Waals surface area (Å²) in [5.41, 5.74) is 8.28. The molecule has 1 aromatic carbocycles. The summed E-state index contributed by atoms with van der Waals surface area (Å²) in [6, 6.07) is 3.61. The Bertz CT molecular complexity index is 394. The van der Waals surface area contributed by atoms with E-state index in [-0.39, 0.29) is 18.2 Å². The Morgan fingerprint density at radius 3 is 2.44 bits per heavy atom. The number of Topliss-reactive ketones (excluding diaryl/α,β-unsaturated/α-hetero) is 1. The fourth-order valence-corrected chi connectivity index (χ4v) is 1.85. The van der Waals surface area contributed by atoms with Gasteiger partial charge in [-0.15, -0.1) is 12.4 Å². The zero-order valence-corrected chi connectivity index (χ0v) is 12.0. The molecule has 0 spiro atoms. The molecule has 3 nitrogen and oxygen atoms in total. The van der Waals surface area contributed by atoms with Gasteiger partial charge in [-0.2, -0.15) is 0 Å². The van der Waals surface area contributed by atoms with E-state index in [1.54, 1.807) is 13.0 Å². The lowest BCUT2D eigenvalue weighted by atomic mass is 10.1. The number of nitrogens with two attached hydrogens (primary N) is 1. The van der Waals surface area contributed by atoms with Crippen molar-refractivity contribution in [2.45, 2.75) is 13.5 Å². The van der Waals surface area contributed by atoms with E-state index in [1.165, 1.54) is 0 Å². The molecule has 0 amide bonds. The molecule has 16 heavy (non-hydrogen) atoms. The summed E-state index contributed by atoms with van der Waals surface area (Å²) in [5.74, 6) is 0.0516. The maximum Gasteiger partial charge on any atom is 0.159 e. The number of anilines is 1. The first-order valence-electron chi connectivity index (χ1n) is 4.65. The van der Waals surface area contributed by atoms with Crippen LogP contribution in [0.25, 0.3) is 0 Å². The van der Waals surface area contributed by atoms with Gasteiger partial charge in [0.1, 0.15) is 0 Å². The average Bonchev–Trinajstić information content (AvgIpc) is 2.11. The monoisotopic (exact) mass is 306 g/mol. The van der Waals surface area contributed by atoms with Crippen LogP contribution in [0.5, 0.6) is 0 Å². The summed E-state index contributed by atoms with van der Waals surface area (Å²) in [5, 5.41) is 0. The van der Waals surface area contributed by atoms with Gasteiger partial charge in [0.2, 0.25) is 0 Å². The first-order chi connectivity index (χ1) is 6.91. The van der Waals surface area contributed by atoms with E-state index in [9.17, 15) is 4.79 Å². The second kappa shape index (κ2) is 6.23. The Kier molecular flexibility index (Phi) is 6.00. The molecule has 5 heteroatoms. The molecule has 1 aromatic rings. The van der Waals surface area contributed by atoms with Gasteiger partial charge in [-0.3, -0.25) is 4.79 Å². The van der Waals surface area contributed by atoms with Crippen molar-refractivity contribution in [3.63, 3.8) is 0 Å². The summed E-state index contributed by atoms with van der Waals surface area (Å²) in [6.45, 7) is 2.28. The predicted octanol–water partition coefficient (Wildman–Crippen LogP) is 2.72. The zero-order chi connectivity index (χ0) is 11.6. The number of halogens is 2. The second-order valence-corrected chi connectivity index (χ2v) is 4.68. The van der Waals surface area contributed by atoms with E-state index in [0.29, 0.717) is 11.3 Å². The molecule has 0 fully saturated rings. The molecule has 0 aliphatic rings. The van der Waals surface area contributed by atoms with Crippen molar-refractivity contribution in [2.75, 3.05) is 19.8 Å². The normalized spacial score (nSPS) is 10.1. The third kappa shape index (κ3) is 3.77. The Balaban J connectivity index is 0.00000225. The Morgan fingerprint density at radius 1 is 1.44 bits per heavy atom. The van der Waals surface area contributed by atoms with Crippen LogP contribution in [-0.2, 0) is 6.54 Å². The van der Waals surface area contributed by atoms with Crippen LogP contribution in [0.1, 0.15) is 22.8 Å². The Morgan fingerprint density at radius 2 is 2.00 bits per heavy atom. The molecule has 2 N–H and O–H groups in total. The fourth-order valence-electron chi connectivity index (χ4n) is 1.35. The van der Waals surface area contributed by atoms with Crippen molar-refractivity contribution in [3.05, 3.63) is 27.7 Å². The van der Waals surface area contributed by atoms with Gasteiger partial charge < -0.3 is 10.6 Å². The summed E-state index contributed by atoms with van der Waals surface area (Å²) in [6.07, 6.45) is 0. The van der Waals surface area contributed by atoms with E-state index in [1.807, 2.05) is 25.1 Å². The van der Waals surface area contributed by atoms with Crippen molar-refractivity contribution in [1.29, 1.82) is 0 Å². The SMILES string of the molecule is CC(=O)c1cc(Br)c(N)c(CN(C)C)c1.Cl. The Hall–Kier alpha value is -0.580. The third-order valence-corrected chi connectivity index (χ3v) is 2.76. The topological polar surface area (TPSA) is 46.3 Å². The number of rotatable bonds is 3. The molecular formula is C11H16BrClN2O. The molecule has 0 saturated carbocycles. The van der Waals surface area contributed by atoms with Gasteiger partial charge >= 0.3 is 0 Å². The minimum absolute atomic E-state index is 0. The molecule has 0 heterocycles. The molecule has 0 unspecified atom stereocenters. The minimum atomic E-state index is 0. The molecule has 0 radical (unpaired) electrons. The van der Waals surface area contributed by atoms with E-state index >= 15 is 0 Å². The molecule has 0 saturated heterocycles. The maximum absolute atomic E-state index is 11.3. The summed E-state index contributed by atoms with van der Waals surface area (Å²) >= 11 is 3.36. The summed E-state index contributed by atoms with van der Waals surface area (Å²) in [4.78, 5) is 13.3. The van der Waals surface area contributed by atoms with Crippen LogP contribution in [0.4, 0.5) is 5.69 Å². The van der Waals surface area contributed by atoms with Crippen molar-refractivity contribution in [1.82, 2.24) is 4.90 Å². The molecule has 90 valence electrons. The lowest BCUT2D eigenvalue weighted by Gasteiger charge is -2.14. The largest absolute Gasteiger partial charge is 0.398 e. The highest BCUT2D eigenvalue weighted by atomic mass is 79.9. The third-order valence-electron chi connectivity index (χ3n) is 2.11. The van der Waals surface area contributed by atoms with Crippen LogP contribution >= 0.6 is 28.3 Å². The number of benzene rings is 1. The highest BCUT2D eigenvalue weighted by molar-refractivity contribution is 9.10. The number of nitrogen functional groups attached to an aromatic ring is 1. The molecule has 1 rings (SSSR count). The molecular weight excluding hydrogens is 291 g/mol. The van der Waals surface area contributed by atoms with Gasteiger partial charge in [0.05, 0.1) is 5.69 Å².